The Bertz CT molecular complexity index is 433. The first-order valence-corrected chi connectivity index (χ1v) is 8.11. The first-order chi connectivity index (χ1) is 9.28. The van der Waals surface area contributed by atoms with Gasteiger partial charge in [0.1, 0.15) is 11.1 Å². The predicted molar refractivity (Wildman–Crippen MR) is 75.4 cm³/mol. The summed E-state index contributed by atoms with van der Waals surface area (Å²) in [6, 6.07) is 0. The lowest BCUT2D eigenvalue weighted by atomic mass is 10.0. The molecule has 1 aromatic rings. The zero-order chi connectivity index (χ0) is 13.2. The van der Waals surface area contributed by atoms with Crippen molar-refractivity contribution in [2.75, 3.05) is 26.2 Å². The Kier molecular flexibility index (Phi) is 4.17. The van der Waals surface area contributed by atoms with Crippen LogP contribution in [0, 0.1) is 0 Å². The van der Waals surface area contributed by atoms with E-state index in [4.69, 9.17) is 9.72 Å². The fourth-order valence-corrected chi connectivity index (χ4v) is 4.10. The summed E-state index contributed by atoms with van der Waals surface area (Å²) in [5, 5.41) is 11.1. The maximum Gasteiger partial charge on any atom is 0.123 e. The molecular formula is C14H22N2O2S. The maximum atomic E-state index is 10.0. The van der Waals surface area contributed by atoms with Crippen LogP contribution in [0.3, 0.4) is 0 Å². The molecule has 0 aromatic carbocycles. The van der Waals surface area contributed by atoms with Crippen molar-refractivity contribution in [3.05, 3.63) is 15.6 Å². The zero-order valence-corrected chi connectivity index (χ0v) is 12.3. The highest BCUT2D eigenvalue weighted by atomic mass is 32.1. The highest BCUT2D eigenvalue weighted by Gasteiger charge is 2.28. The minimum Gasteiger partial charge on any atom is -0.388 e. The van der Waals surface area contributed by atoms with Crippen LogP contribution >= 0.6 is 11.3 Å². The molecule has 0 saturated carbocycles. The van der Waals surface area contributed by atoms with Crippen LogP contribution in [0.4, 0.5) is 0 Å². The first-order valence-electron chi connectivity index (χ1n) is 7.29. The molecule has 4 nitrogen and oxygen atoms in total. The van der Waals surface area contributed by atoms with Crippen molar-refractivity contribution in [3.63, 3.8) is 0 Å². The second kappa shape index (κ2) is 5.87. The number of nitrogens with zero attached hydrogens (tertiary/aromatic N) is 2. The molecule has 1 fully saturated rings. The van der Waals surface area contributed by atoms with Crippen molar-refractivity contribution < 1.29 is 9.84 Å². The molecule has 0 radical (unpaired) electrons. The summed E-state index contributed by atoms with van der Waals surface area (Å²) in [4.78, 5) is 8.26. The van der Waals surface area contributed by atoms with Crippen LogP contribution in [0.1, 0.15) is 54.0 Å². The molecule has 106 valence electrons. The number of hydrogen-bond donors (Lipinski definition) is 1. The minimum absolute atomic E-state index is 0.100. The van der Waals surface area contributed by atoms with Crippen LogP contribution in [-0.2, 0) is 11.2 Å². The van der Waals surface area contributed by atoms with E-state index in [0.717, 1.165) is 61.1 Å². The van der Waals surface area contributed by atoms with Crippen LogP contribution in [0.25, 0.3) is 0 Å². The van der Waals surface area contributed by atoms with Crippen molar-refractivity contribution in [2.45, 2.75) is 44.8 Å². The topological polar surface area (TPSA) is 45.6 Å². The van der Waals surface area contributed by atoms with Crippen molar-refractivity contribution in [3.8, 4) is 0 Å². The Hall–Kier alpha value is -0.490. The molecule has 19 heavy (non-hydrogen) atoms. The molecule has 5 heteroatoms. The van der Waals surface area contributed by atoms with Gasteiger partial charge in [-0.1, -0.05) is 6.92 Å². The number of aryl methyl sites for hydroxylation is 1. The van der Waals surface area contributed by atoms with Gasteiger partial charge >= 0.3 is 0 Å². The van der Waals surface area contributed by atoms with Crippen molar-refractivity contribution >= 4 is 11.3 Å². The van der Waals surface area contributed by atoms with Gasteiger partial charge in [-0.15, -0.1) is 11.3 Å². The number of aromatic nitrogens is 1. The number of aliphatic hydroxyl groups excluding tert-OH is 1. The lowest BCUT2D eigenvalue weighted by Gasteiger charge is -2.31. The van der Waals surface area contributed by atoms with Gasteiger partial charge in [0.25, 0.3) is 0 Å². The van der Waals surface area contributed by atoms with Gasteiger partial charge in [0, 0.05) is 13.1 Å². The summed E-state index contributed by atoms with van der Waals surface area (Å²) in [5.41, 5.74) is 1.11. The summed E-state index contributed by atoms with van der Waals surface area (Å²) in [7, 11) is 0. The molecule has 1 aliphatic heterocycles. The molecule has 1 N–H and O–H groups in total. The largest absolute Gasteiger partial charge is 0.388 e. The molecule has 2 heterocycles. The molecule has 1 aliphatic carbocycles. The number of thiazole rings is 1. The van der Waals surface area contributed by atoms with Crippen LogP contribution in [-0.4, -0.2) is 41.2 Å². The maximum absolute atomic E-state index is 10.0. The number of aliphatic hydroxyl groups is 1. The van der Waals surface area contributed by atoms with Crippen LogP contribution in [0.2, 0.25) is 0 Å². The van der Waals surface area contributed by atoms with Crippen LogP contribution in [0.5, 0.6) is 0 Å². The lowest BCUT2D eigenvalue weighted by Crippen LogP contribution is -2.38. The molecule has 3 rings (SSSR count). The lowest BCUT2D eigenvalue weighted by molar-refractivity contribution is -0.0299. The van der Waals surface area contributed by atoms with Gasteiger partial charge < -0.3 is 9.84 Å². The SMILES string of the molecule is CCCN1CCOC(c2nc3c(s2)C(O)CCC3)C1. The van der Waals surface area contributed by atoms with Gasteiger partial charge in [0.2, 0.25) is 0 Å². The predicted octanol–water partition coefficient (Wildman–Crippen LogP) is 2.30. The molecule has 2 unspecified atom stereocenters. The van der Waals surface area contributed by atoms with Crippen LogP contribution < -0.4 is 0 Å². The fourth-order valence-electron chi connectivity index (χ4n) is 2.92. The number of morpholine rings is 1. The number of hydrogen-bond acceptors (Lipinski definition) is 5. The minimum atomic E-state index is -0.301. The van der Waals surface area contributed by atoms with Gasteiger partial charge in [-0.2, -0.15) is 0 Å². The van der Waals surface area contributed by atoms with Crippen LogP contribution in [0.15, 0.2) is 0 Å². The number of rotatable bonds is 3. The second-order valence-electron chi connectivity index (χ2n) is 5.43. The molecule has 2 aliphatic rings. The van der Waals surface area contributed by atoms with Gasteiger partial charge in [0.05, 0.1) is 23.3 Å². The average molecular weight is 282 g/mol. The van der Waals surface area contributed by atoms with E-state index in [9.17, 15) is 5.11 Å². The van der Waals surface area contributed by atoms with E-state index < -0.39 is 0 Å². The summed E-state index contributed by atoms with van der Waals surface area (Å²) in [6.07, 6.45) is 3.91. The molecule has 0 amide bonds. The van der Waals surface area contributed by atoms with E-state index >= 15 is 0 Å². The number of ether oxygens (including phenoxy) is 1. The molecule has 2 atom stereocenters. The van der Waals surface area contributed by atoms with E-state index in [1.54, 1.807) is 11.3 Å². The van der Waals surface area contributed by atoms with E-state index in [1.807, 2.05) is 0 Å². The van der Waals surface area contributed by atoms with E-state index in [-0.39, 0.29) is 12.2 Å². The first kappa shape index (κ1) is 13.5. The smallest absolute Gasteiger partial charge is 0.123 e. The molecule has 0 bridgehead atoms. The summed E-state index contributed by atoms with van der Waals surface area (Å²) >= 11 is 1.66. The third kappa shape index (κ3) is 2.84. The Morgan fingerprint density at radius 2 is 2.42 bits per heavy atom. The molecule has 0 spiro atoms. The summed E-state index contributed by atoms with van der Waals surface area (Å²) < 4.78 is 5.88. The second-order valence-corrected chi connectivity index (χ2v) is 6.49. The molecular weight excluding hydrogens is 260 g/mol. The van der Waals surface area contributed by atoms with Gasteiger partial charge in [0.15, 0.2) is 0 Å². The summed E-state index contributed by atoms with van der Waals surface area (Å²) in [5.74, 6) is 0. The molecule has 1 saturated heterocycles. The summed E-state index contributed by atoms with van der Waals surface area (Å²) in [6.45, 7) is 6.10. The monoisotopic (exact) mass is 282 g/mol. The number of fused-ring (bicyclic) bond motifs is 1. The Balaban J connectivity index is 1.75. The normalized spacial score (nSPS) is 28.3. The van der Waals surface area contributed by atoms with Gasteiger partial charge in [-0.05, 0) is 32.2 Å². The van der Waals surface area contributed by atoms with Gasteiger partial charge in [-0.3, -0.25) is 4.90 Å². The fraction of sp³-hybridized carbons (Fsp3) is 0.786. The Morgan fingerprint density at radius 3 is 3.21 bits per heavy atom. The van der Waals surface area contributed by atoms with E-state index in [1.165, 1.54) is 6.42 Å². The highest BCUT2D eigenvalue weighted by molar-refractivity contribution is 7.11. The molecule has 1 aromatic heterocycles. The third-order valence-electron chi connectivity index (χ3n) is 3.90. The average Bonchev–Trinajstić information content (AvgIpc) is 2.85. The quantitative estimate of drug-likeness (QED) is 0.924. The van der Waals surface area contributed by atoms with Gasteiger partial charge in [-0.25, -0.2) is 4.98 Å². The highest BCUT2D eigenvalue weighted by Crippen LogP contribution is 2.37. The van der Waals surface area contributed by atoms with Crippen molar-refractivity contribution in [1.29, 1.82) is 0 Å². The third-order valence-corrected chi connectivity index (χ3v) is 5.19. The van der Waals surface area contributed by atoms with Crippen molar-refractivity contribution in [2.24, 2.45) is 0 Å². The Morgan fingerprint density at radius 1 is 1.53 bits per heavy atom. The zero-order valence-electron chi connectivity index (χ0n) is 11.5. The van der Waals surface area contributed by atoms with E-state index in [0.29, 0.717) is 0 Å². The Labute approximate surface area is 118 Å². The van der Waals surface area contributed by atoms with E-state index in [2.05, 4.69) is 11.8 Å². The standard InChI is InChI=1S/C14H22N2O2S/c1-2-6-16-7-8-18-12(9-16)14-15-10-4-3-5-11(17)13(10)19-14/h11-12,17H,2-9H2,1H3. The van der Waals surface area contributed by atoms with Crippen molar-refractivity contribution in [1.82, 2.24) is 9.88 Å².